The average molecular weight is 201 g/mol. The molecule has 0 amide bonds. The maximum Gasteiger partial charge on any atom is 0.0610 e. The SMILES string of the molecule is CCCC(C)(CO)NCC(CC)CC. The zero-order chi connectivity index (χ0) is 11.0. The van der Waals surface area contributed by atoms with Crippen molar-refractivity contribution in [1.82, 2.24) is 5.32 Å². The molecule has 0 heterocycles. The summed E-state index contributed by atoms with van der Waals surface area (Å²) >= 11 is 0. The van der Waals surface area contributed by atoms with Gasteiger partial charge in [0.1, 0.15) is 0 Å². The van der Waals surface area contributed by atoms with Crippen LogP contribution in [-0.4, -0.2) is 23.8 Å². The van der Waals surface area contributed by atoms with Crippen LogP contribution in [0.25, 0.3) is 0 Å². The number of hydrogen-bond acceptors (Lipinski definition) is 2. The molecule has 0 aromatic carbocycles. The van der Waals surface area contributed by atoms with Crippen molar-refractivity contribution in [1.29, 1.82) is 0 Å². The molecular weight excluding hydrogens is 174 g/mol. The van der Waals surface area contributed by atoms with Crippen LogP contribution in [-0.2, 0) is 0 Å². The van der Waals surface area contributed by atoms with Crippen molar-refractivity contribution in [2.75, 3.05) is 13.2 Å². The zero-order valence-electron chi connectivity index (χ0n) is 10.3. The van der Waals surface area contributed by atoms with E-state index in [9.17, 15) is 5.11 Å². The summed E-state index contributed by atoms with van der Waals surface area (Å²) in [7, 11) is 0. The van der Waals surface area contributed by atoms with Crippen LogP contribution < -0.4 is 5.32 Å². The summed E-state index contributed by atoms with van der Waals surface area (Å²) in [5, 5.41) is 12.8. The fourth-order valence-corrected chi connectivity index (χ4v) is 1.74. The van der Waals surface area contributed by atoms with E-state index in [4.69, 9.17) is 0 Å². The maximum absolute atomic E-state index is 9.31. The van der Waals surface area contributed by atoms with Gasteiger partial charge in [0, 0.05) is 5.54 Å². The summed E-state index contributed by atoms with van der Waals surface area (Å²) in [4.78, 5) is 0. The zero-order valence-corrected chi connectivity index (χ0v) is 10.3. The maximum atomic E-state index is 9.31. The van der Waals surface area contributed by atoms with Crippen LogP contribution in [0.5, 0.6) is 0 Å². The second-order valence-electron chi connectivity index (χ2n) is 4.53. The Morgan fingerprint density at radius 3 is 2.14 bits per heavy atom. The number of rotatable bonds is 8. The van der Waals surface area contributed by atoms with Crippen LogP contribution in [0.2, 0.25) is 0 Å². The molecule has 1 unspecified atom stereocenters. The van der Waals surface area contributed by atoms with Crippen LogP contribution in [0.3, 0.4) is 0 Å². The lowest BCUT2D eigenvalue weighted by Crippen LogP contribution is -2.47. The van der Waals surface area contributed by atoms with Gasteiger partial charge in [-0.1, -0.05) is 40.0 Å². The highest BCUT2D eigenvalue weighted by atomic mass is 16.3. The molecule has 86 valence electrons. The van der Waals surface area contributed by atoms with Crippen molar-refractivity contribution in [3.05, 3.63) is 0 Å². The number of hydrogen-bond donors (Lipinski definition) is 2. The minimum atomic E-state index is -0.0721. The van der Waals surface area contributed by atoms with Gasteiger partial charge in [-0.3, -0.25) is 0 Å². The first kappa shape index (κ1) is 13.9. The number of aliphatic hydroxyl groups is 1. The molecule has 0 aliphatic heterocycles. The van der Waals surface area contributed by atoms with Crippen molar-refractivity contribution < 1.29 is 5.11 Å². The summed E-state index contributed by atoms with van der Waals surface area (Å²) in [5.74, 6) is 0.748. The highest BCUT2D eigenvalue weighted by Crippen LogP contribution is 2.13. The van der Waals surface area contributed by atoms with Crippen LogP contribution in [0.1, 0.15) is 53.4 Å². The fraction of sp³-hybridized carbons (Fsp3) is 1.00. The second-order valence-corrected chi connectivity index (χ2v) is 4.53. The molecule has 0 saturated carbocycles. The van der Waals surface area contributed by atoms with E-state index in [0.29, 0.717) is 0 Å². The Hall–Kier alpha value is -0.0800. The lowest BCUT2D eigenvalue weighted by Gasteiger charge is -2.30. The molecule has 14 heavy (non-hydrogen) atoms. The summed E-state index contributed by atoms with van der Waals surface area (Å²) in [6, 6.07) is 0. The van der Waals surface area contributed by atoms with Gasteiger partial charge < -0.3 is 10.4 Å². The summed E-state index contributed by atoms with van der Waals surface area (Å²) in [5.41, 5.74) is -0.0721. The molecule has 0 aromatic rings. The van der Waals surface area contributed by atoms with Gasteiger partial charge in [-0.2, -0.15) is 0 Å². The summed E-state index contributed by atoms with van der Waals surface area (Å²) in [6.07, 6.45) is 4.60. The topological polar surface area (TPSA) is 32.3 Å². The Morgan fingerprint density at radius 2 is 1.79 bits per heavy atom. The van der Waals surface area contributed by atoms with Gasteiger partial charge in [-0.05, 0) is 25.8 Å². The third kappa shape index (κ3) is 4.97. The van der Waals surface area contributed by atoms with Crippen molar-refractivity contribution >= 4 is 0 Å². The molecule has 2 heteroatoms. The molecule has 2 nitrogen and oxygen atoms in total. The van der Waals surface area contributed by atoms with Gasteiger partial charge in [0.05, 0.1) is 6.61 Å². The Labute approximate surface area is 89.1 Å². The standard InChI is InChI=1S/C12H27NO/c1-5-8-12(4,10-14)13-9-11(6-2)7-3/h11,13-14H,5-10H2,1-4H3. The van der Waals surface area contributed by atoms with Crippen molar-refractivity contribution in [3.63, 3.8) is 0 Å². The fourth-order valence-electron chi connectivity index (χ4n) is 1.74. The Bertz CT molecular complexity index is 134. The molecule has 1 atom stereocenters. The third-order valence-corrected chi connectivity index (χ3v) is 3.12. The van der Waals surface area contributed by atoms with Gasteiger partial charge in [0.2, 0.25) is 0 Å². The molecule has 0 saturated heterocycles. The van der Waals surface area contributed by atoms with E-state index >= 15 is 0 Å². The van der Waals surface area contributed by atoms with Gasteiger partial charge >= 0.3 is 0 Å². The Morgan fingerprint density at radius 1 is 1.21 bits per heavy atom. The van der Waals surface area contributed by atoms with Gasteiger partial charge in [-0.25, -0.2) is 0 Å². The van der Waals surface area contributed by atoms with Gasteiger partial charge in [0.25, 0.3) is 0 Å². The predicted molar refractivity (Wildman–Crippen MR) is 62.5 cm³/mol. The largest absolute Gasteiger partial charge is 0.394 e. The van der Waals surface area contributed by atoms with E-state index in [1.54, 1.807) is 0 Å². The van der Waals surface area contributed by atoms with Gasteiger partial charge in [0.15, 0.2) is 0 Å². The van der Waals surface area contributed by atoms with E-state index in [1.807, 2.05) is 0 Å². The average Bonchev–Trinajstić information content (AvgIpc) is 2.20. The molecule has 2 N–H and O–H groups in total. The Kier molecular flexibility index (Phi) is 7.20. The summed E-state index contributed by atoms with van der Waals surface area (Å²) < 4.78 is 0. The molecule has 0 fully saturated rings. The lowest BCUT2D eigenvalue weighted by atomic mass is 9.95. The van der Waals surface area contributed by atoms with E-state index in [0.717, 1.165) is 25.3 Å². The molecule has 0 rings (SSSR count). The minimum Gasteiger partial charge on any atom is -0.394 e. The van der Waals surface area contributed by atoms with E-state index in [1.165, 1.54) is 12.8 Å². The quantitative estimate of drug-likeness (QED) is 0.632. The van der Waals surface area contributed by atoms with E-state index < -0.39 is 0 Å². The van der Waals surface area contributed by atoms with Gasteiger partial charge in [-0.15, -0.1) is 0 Å². The molecular formula is C12H27NO. The minimum absolute atomic E-state index is 0.0721. The third-order valence-electron chi connectivity index (χ3n) is 3.12. The van der Waals surface area contributed by atoms with Crippen molar-refractivity contribution in [2.45, 2.75) is 58.9 Å². The molecule has 0 aromatic heterocycles. The molecule has 0 bridgehead atoms. The number of aliphatic hydroxyl groups excluding tert-OH is 1. The highest BCUT2D eigenvalue weighted by Gasteiger charge is 2.21. The lowest BCUT2D eigenvalue weighted by molar-refractivity contribution is 0.158. The van der Waals surface area contributed by atoms with Crippen LogP contribution in [0.4, 0.5) is 0 Å². The van der Waals surface area contributed by atoms with E-state index in [-0.39, 0.29) is 12.1 Å². The first-order valence-electron chi connectivity index (χ1n) is 5.97. The summed E-state index contributed by atoms with van der Waals surface area (Å²) in [6.45, 7) is 9.99. The normalized spacial score (nSPS) is 15.9. The van der Waals surface area contributed by atoms with Crippen molar-refractivity contribution in [3.8, 4) is 0 Å². The number of nitrogens with one attached hydrogen (secondary N) is 1. The monoisotopic (exact) mass is 201 g/mol. The van der Waals surface area contributed by atoms with Crippen molar-refractivity contribution in [2.24, 2.45) is 5.92 Å². The van der Waals surface area contributed by atoms with Crippen LogP contribution in [0, 0.1) is 5.92 Å². The smallest absolute Gasteiger partial charge is 0.0610 e. The molecule has 0 aliphatic carbocycles. The molecule has 0 radical (unpaired) electrons. The predicted octanol–water partition coefficient (Wildman–Crippen LogP) is 2.56. The molecule has 0 spiro atoms. The molecule has 0 aliphatic rings. The van der Waals surface area contributed by atoms with Crippen LogP contribution >= 0.6 is 0 Å². The van der Waals surface area contributed by atoms with E-state index in [2.05, 4.69) is 33.0 Å². The first-order chi connectivity index (χ1) is 6.61. The van der Waals surface area contributed by atoms with Crippen LogP contribution in [0.15, 0.2) is 0 Å². The first-order valence-corrected chi connectivity index (χ1v) is 5.97. The highest BCUT2D eigenvalue weighted by molar-refractivity contribution is 4.82. The second kappa shape index (κ2) is 7.24. The Balaban J connectivity index is 3.92.